The molecule has 0 bridgehead atoms. The topological polar surface area (TPSA) is 106 Å². The molecule has 2 N–H and O–H groups in total. The van der Waals surface area contributed by atoms with E-state index < -0.39 is 11.3 Å². The van der Waals surface area contributed by atoms with Gasteiger partial charge in [0.25, 0.3) is 0 Å². The Kier molecular flexibility index (Phi) is 4.97. The van der Waals surface area contributed by atoms with E-state index in [0.717, 1.165) is 22.4 Å². The summed E-state index contributed by atoms with van der Waals surface area (Å²) in [5, 5.41) is 26.3. The number of benzene rings is 3. The van der Waals surface area contributed by atoms with Crippen LogP contribution in [0.4, 0.5) is 5.69 Å². The number of fused-ring (bicyclic) bond motifs is 4. The van der Waals surface area contributed by atoms with Gasteiger partial charge in [-0.3, -0.25) is 15.3 Å². The molecule has 3 heterocycles. The van der Waals surface area contributed by atoms with Crippen molar-refractivity contribution in [3.63, 3.8) is 0 Å². The maximum absolute atomic E-state index is 14.6. The average molecular weight is 474 g/mol. The summed E-state index contributed by atoms with van der Waals surface area (Å²) in [5.74, 6) is -1.49. The van der Waals surface area contributed by atoms with Crippen molar-refractivity contribution in [3.8, 4) is 23.2 Å². The van der Waals surface area contributed by atoms with Crippen LogP contribution in [0.1, 0.15) is 22.3 Å². The maximum Gasteiger partial charge on any atom is 0.244 e. The number of ether oxygens (including phenoxy) is 1. The number of hydrogen-bond donors (Lipinski definition) is 2. The summed E-state index contributed by atoms with van der Waals surface area (Å²) in [6.45, 7) is 2.45. The molecule has 2 aliphatic heterocycles. The van der Waals surface area contributed by atoms with Crippen molar-refractivity contribution >= 4 is 17.5 Å². The molecule has 1 aromatic heterocycles. The summed E-state index contributed by atoms with van der Waals surface area (Å²) in [6.07, 6.45) is 0.658. The standard InChI is InChI=1S/C29H23N5O2/c1-18-11-13-20(14-12-18)25-24-27(33-32-25)36-26(31)22(17-30)29(24)21-9-5-6-10-23(21)34(28(29)35)16-15-19-7-3-2-4-8-19/h2-14,22,31H,15-16H2,1H3,(H,32,33). The number of aromatic nitrogens is 2. The van der Waals surface area contributed by atoms with Gasteiger partial charge in [-0.2, -0.15) is 5.26 Å². The molecule has 0 saturated carbocycles. The normalized spacial score (nSPS) is 20.1. The Balaban J connectivity index is 1.57. The molecule has 2 unspecified atom stereocenters. The molecule has 0 fully saturated rings. The minimum Gasteiger partial charge on any atom is -0.422 e. The second kappa shape index (κ2) is 8.21. The molecular formula is C29H23N5O2. The second-order valence-electron chi connectivity index (χ2n) is 9.19. The molecule has 7 nitrogen and oxygen atoms in total. The fraction of sp³-hybridized carbons (Fsp3) is 0.172. The molecule has 4 aromatic rings. The maximum atomic E-state index is 14.6. The smallest absolute Gasteiger partial charge is 0.244 e. The van der Waals surface area contributed by atoms with E-state index in [1.807, 2.05) is 85.8 Å². The Labute approximate surface area is 208 Å². The fourth-order valence-corrected chi connectivity index (χ4v) is 5.46. The van der Waals surface area contributed by atoms with Crippen LogP contribution in [0, 0.1) is 29.6 Å². The molecule has 36 heavy (non-hydrogen) atoms. The lowest BCUT2D eigenvalue weighted by Crippen LogP contribution is -2.52. The third kappa shape index (κ3) is 3.01. The predicted octanol–water partition coefficient (Wildman–Crippen LogP) is 4.77. The first-order valence-electron chi connectivity index (χ1n) is 11.8. The van der Waals surface area contributed by atoms with Crippen molar-refractivity contribution in [2.75, 3.05) is 11.4 Å². The molecule has 1 amide bonds. The van der Waals surface area contributed by atoms with E-state index in [-0.39, 0.29) is 17.7 Å². The Morgan fingerprint density at radius 3 is 2.56 bits per heavy atom. The van der Waals surface area contributed by atoms with E-state index in [4.69, 9.17) is 10.1 Å². The molecule has 0 aliphatic carbocycles. The highest BCUT2D eigenvalue weighted by molar-refractivity contribution is 6.15. The number of nitrogens with one attached hydrogen (secondary N) is 2. The molecule has 0 radical (unpaired) electrons. The van der Waals surface area contributed by atoms with Crippen LogP contribution in [-0.4, -0.2) is 28.5 Å². The first-order chi connectivity index (χ1) is 17.6. The zero-order chi connectivity index (χ0) is 24.9. The molecule has 176 valence electrons. The van der Waals surface area contributed by atoms with Crippen LogP contribution in [-0.2, 0) is 16.6 Å². The van der Waals surface area contributed by atoms with Crippen LogP contribution in [0.15, 0.2) is 78.9 Å². The van der Waals surface area contributed by atoms with Crippen LogP contribution in [0.5, 0.6) is 5.88 Å². The Morgan fingerprint density at radius 2 is 1.81 bits per heavy atom. The molecule has 2 atom stereocenters. The number of rotatable bonds is 4. The number of nitrogens with zero attached hydrogens (tertiary/aromatic N) is 3. The Morgan fingerprint density at radius 1 is 1.08 bits per heavy atom. The van der Waals surface area contributed by atoms with E-state index in [1.54, 1.807) is 4.90 Å². The van der Waals surface area contributed by atoms with Gasteiger partial charge in [-0.1, -0.05) is 78.4 Å². The number of carbonyl (C=O) groups excluding carboxylic acids is 1. The first-order valence-corrected chi connectivity index (χ1v) is 11.8. The first kappa shape index (κ1) is 21.8. The molecule has 3 aromatic carbocycles. The van der Waals surface area contributed by atoms with Gasteiger partial charge in [-0.05, 0) is 30.5 Å². The van der Waals surface area contributed by atoms with E-state index in [1.165, 1.54) is 0 Å². The average Bonchev–Trinajstić information content (AvgIpc) is 3.42. The number of amides is 1. The van der Waals surface area contributed by atoms with Crippen molar-refractivity contribution in [2.24, 2.45) is 5.92 Å². The Bertz CT molecular complexity index is 1530. The van der Waals surface area contributed by atoms with Crippen LogP contribution >= 0.6 is 0 Å². The second-order valence-corrected chi connectivity index (χ2v) is 9.19. The lowest BCUT2D eigenvalue weighted by atomic mass is 9.65. The number of anilines is 1. The van der Waals surface area contributed by atoms with Gasteiger partial charge in [-0.15, -0.1) is 5.10 Å². The van der Waals surface area contributed by atoms with Crippen LogP contribution in [0.25, 0.3) is 11.3 Å². The van der Waals surface area contributed by atoms with Crippen LogP contribution in [0.2, 0.25) is 0 Å². The number of aryl methyl sites for hydroxylation is 1. The zero-order valence-electron chi connectivity index (χ0n) is 19.7. The minimum atomic E-state index is -1.44. The lowest BCUT2D eigenvalue weighted by molar-refractivity contribution is -0.122. The van der Waals surface area contributed by atoms with E-state index >= 15 is 0 Å². The number of para-hydroxylation sites is 1. The van der Waals surface area contributed by atoms with Crippen molar-refractivity contribution in [2.45, 2.75) is 18.8 Å². The van der Waals surface area contributed by atoms with E-state index in [2.05, 4.69) is 16.3 Å². The molecule has 2 aliphatic rings. The summed E-state index contributed by atoms with van der Waals surface area (Å²) in [7, 11) is 0. The number of hydrogen-bond acceptors (Lipinski definition) is 5. The number of aromatic amines is 1. The van der Waals surface area contributed by atoms with Crippen molar-refractivity contribution < 1.29 is 9.53 Å². The van der Waals surface area contributed by atoms with Gasteiger partial charge in [0, 0.05) is 17.8 Å². The third-order valence-electron chi connectivity index (χ3n) is 7.17. The summed E-state index contributed by atoms with van der Waals surface area (Å²) in [4.78, 5) is 16.3. The van der Waals surface area contributed by atoms with E-state index in [0.29, 0.717) is 29.8 Å². The lowest BCUT2D eigenvalue weighted by Gasteiger charge is -2.36. The van der Waals surface area contributed by atoms with Crippen molar-refractivity contribution in [1.29, 1.82) is 10.7 Å². The SMILES string of the molecule is Cc1ccc(-c2[nH]nc3c2C2(C(=O)N(CCc4ccccc4)c4ccccc42)C(C#N)C(=N)O3)cc1. The van der Waals surface area contributed by atoms with Gasteiger partial charge in [0.15, 0.2) is 0 Å². The quantitative estimate of drug-likeness (QED) is 0.445. The zero-order valence-corrected chi connectivity index (χ0v) is 19.7. The number of H-pyrrole nitrogens is 1. The summed E-state index contributed by atoms with van der Waals surface area (Å²) in [5.41, 5.74) is 4.16. The van der Waals surface area contributed by atoms with Gasteiger partial charge in [0.05, 0.1) is 17.3 Å². The molecule has 6 rings (SSSR count). The largest absolute Gasteiger partial charge is 0.422 e. The molecular weight excluding hydrogens is 450 g/mol. The molecule has 1 spiro atoms. The van der Waals surface area contributed by atoms with Gasteiger partial charge in [-0.25, -0.2) is 0 Å². The summed E-state index contributed by atoms with van der Waals surface area (Å²) in [6, 6.07) is 27.7. The minimum absolute atomic E-state index is 0.162. The third-order valence-corrected chi connectivity index (χ3v) is 7.17. The number of nitriles is 1. The van der Waals surface area contributed by atoms with Gasteiger partial charge in [0.2, 0.25) is 17.7 Å². The van der Waals surface area contributed by atoms with Crippen molar-refractivity contribution in [1.82, 2.24) is 10.2 Å². The highest BCUT2D eigenvalue weighted by Crippen LogP contribution is 2.57. The van der Waals surface area contributed by atoms with Gasteiger partial charge in [0.1, 0.15) is 11.3 Å². The molecule has 7 heteroatoms. The Hall–Kier alpha value is -4.70. The number of carbonyl (C=O) groups is 1. The van der Waals surface area contributed by atoms with Crippen LogP contribution in [0.3, 0.4) is 0 Å². The van der Waals surface area contributed by atoms with Crippen LogP contribution < -0.4 is 9.64 Å². The van der Waals surface area contributed by atoms with Gasteiger partial charge < -0.3 is 9.64 Å². The highest BCUT2D eigenvalue weighted by Gasteiger charge is 2.64. The predicted molar refractivity (Wildman–Crippen MR) is 136 cm³/mol. The molecule has 0 saturated heterocycles. The summed E-state index contributed by atoms with van der Waals surface area (Å²) < 4.78 is 5.72. The monoisotopic (exact) mass is 473 g/mol. The van der Waals surface area contributed by atoms with Crippen molar-refractivity contribution in [3.05, 3.63) is 101 Å². The van der Waals surface area contributed by atoms with E-state index in [9.17, 15) is 10.1 Å². The fourth-order valence-electron chi connectivity index (χ4n) is 5.46. The summed E-state index contributed by atoms with van der Waals surface area (Å²) >= 11 is 0. The highest BCUT2D eigenvalue weighted by atomic mass is 16.5. The van der Waals surface area contributed by atoms with Gasteiger partial charge >= 0.3 is 0 Å².